The molecule has 2 aliphatic carbocycles. The van der Waals surface area contributed by atoms with Crippen molar-refractivity contribution in [2.75, 3.05) is 35.5 Å². The number of halogens is 2. The second-order valence-electron chi connectivity index (χ2n) is 11.5. The molecule has 2 spiro atoms. The van der Waals surface area contributed by atoms with Gasteiger partial charge >= 0.3 is 0 Å². The molecule has 2 aliphatic heterocycles. The molecule has 6 nitrogen and oxygen atoms in total. The van der Waals surface area contributed by atoms with Crippen LogP contribution in [0, 0.1) is 5.41 Å². The molecular formula is C27H33F2N3O3S. The number of nitrogens with one attached hydrogen (secondary N) is 1. The standard InChI is InChI=1S/C27H31F2N3O3S.H2/c1-36(34,35)30-21-5-6-23-22(14-21)26(11-9-25(7-8-25)10-12-26)16-32(23)24(33)20-4-2-3-19(13-20)15-31-17-27(28,29)18-31;/h2-6,13-14,30H,7-12,15-18H2,1H3;1H. The number of fused-ring (bicyclic) bond motifs is 2. The van der Waals surface area contributed by atoms with Gasteiger partial charge in [-0.15, -0.1) is 0 Å². The Morgan fingerprint density at radius 3 is 2.33 bits per heavy atom. The molecule has 1 N–H and O–H groups in total. The summed E-state index contributed by atoms with van der Waals surface area (Å²) < 4.78 is 52.8. The maximum absolute atomic E-state index is 13.8. The minimum atomic E-state index is -3.42. The normalized spacial score (nSPS) is 23.4. The van der Waals surface area contributed by atoms with Crippen LogP contribution >= 0.6 is 0 Å². The van der Waals surface area contributed by atoms with Crippen molar-refractivity contribution in [3.05, 3.63) is 59.2 Å². The first kappa shape index (κ1) is 23.9. The molecule has 36 heavy (non-hydrogen) atoms. The molecule has 9 heteroatoms. The SMILES string of the molecule is CS(=O)(=O)Nc1ccc2c(c1)C1(CCC3(CC3)CC1)CN2C(=O)c1cccc(CN2CC(F)(F)C2)c1.[HH]. The molecule has 6 rings (SSSR count). The lowest BCUT2D eigenvalue weighted by Crippen LogP contribution is -2.55. The van der Waals surface area contributed by atoms with Gasteiger partial charge in [0.1, 0.15) is 0 Å². The average Bonchev–Trinajstić information content (AvgIpc) is 3.49. The smallest absolute Gasteiger partial charge is 0.272 e. The summed E-state index contributed by atoms with van der Waals surface area (Å²) in [5.74, 6) is -2.73. The Labute approximate surface area is 212 Å². The number of benzene rings is 2. The summed E-state index contributed by atoms with van der Waals surface area (Å²) in [5, 5.41) is 0. The molecule has 0 bridgehead atoms. The zero-order valence-corrected chi connectivity index (χ0v) is 21.2. The molecule has 2 aromatic rings. The van der Waals surface area contributed by atoms with Crippen LogP contribution < -0.4 is 9.62 Å². The summed E-state index contributed by atoms with van der Waals surface area (Å²) in [4.78, 5) is 17.3. The highest BCUT2D eigenvalue weighted by atomic mass is 32.2. The first-order valence-corrected chi connectivity index (χ1v) is 14.5. The van der Waals surface area contributed by atoms with E-state index in [9.17, 15) is 22.0 Å². The molecule has 4 aliphatic rings. The lowest BCUT2D eigenvalue weighted by atomic mass is 9.66. The summed E-state index contributed by atoms with van der Waals surface area (Å²) in [7, 11) is -3.42. The van der Waals surface area contributed by atoms with E-state index in [4.69, 9.17) is 0 Å². The number of carbonyl (C=O) groups excluding carboxylic acids is 1. The number of amides is 1. The van der Waals surface area contributed by atoms with Crippen LogP contribution in [0.4, 0.5) is 20.2 Å². The summed E-state index contributed by atoms with van der Waals surface area (Å²) in [6.45, 7) is 0.457. The van der Waals surface area contributed by atoms with Gasteiger partial charge in [0, 0.05) is 36.9 Å². The molecule has 0 aromatic heterocycles. The molecule has 2 heterocycles. The first-order valence-electron chi connectivity index (χ1n) is 12.6. The molecule has 0 atom stereocenters. The maximum Gasteiger partial charge on any atom is 0.272 e. The van der Waals surface area contributed by atoms with Crippen molar-refractivity contribution in [2.24, 2.45) is 5.41 Å². The highest BCUT2D eigenvalue weighted by molar-refractivity contribution is 7.92. The number of rotatable bonds is 5. The molecule has 1 amide bonds. The Morgan fingerprint density at radius 2 is 1.69 bits per heavy atom. The van der Waals surface area contributed by atoms with Crippen molar-refractivity contribution in [1.29, 1.82) is 0 Å². The van der Waals surface area contributed by atoms with Gasteiger partial charge in [-0.2, -0.15) is 0 Å². The molecule has 2 saturated carbocycles. The number of hydrogen-bond acceptors (Lipinski definition) is 4. The zero-order valence-electron chi connectivity index (χ0n) is 20.4. The van der Waals surface area contributed by atoms with Gasteiger partial charge in [0.2, 0.25) is 10.0 Å². The van der Waals surface area contributed by atoms with Crippen LogP contribution in [0.25, 0.3) is 0 Å². The Balaban J connectivity index is 0.00000280. The van der Waals surface area contributed by atoms with E-state index in [1.165, 1.54) is 12.8 Å². The van der Waals surface area contributed by atoms with Gasteiger partial charge in [-0.25, -0.2) is 17.2 Å². The summed E-state index contributed by atoms with van der Waals surface area (Å²) in [6, 6.07) is 12.7. The van der Waals surface area contributed by atoms with E-state index in [2.05, 4.69) is 4.72 Å². The van der Waals surface area contributed by atoms with Gasteiger partial charge in [0.05, 0.1) is 19.3 Å². The number of carbonyl (C=O) groups is 1. The van der Waals surface area contributed by atoms with Gasteiger partial charge < -0.3 is 4.90 Å². The first-order chi connectivity index (χ1) is 17.0. The highest BCUT2D eigenvalue weighted by Crippen LogP contribution is 2.62. The third-order valence-corrected chi connectivity index (χ3v) is 9.19. The summed E-state index contributed by atoms with van der Waals surface area (Å²) in [5.41, 5.74) is 4.06. The predicted octanol–water partition coefficient (Wildman–Crippen LogP) is 5.01. The van der Waals surface area contributed by atoms with Crippen LogP contribution in [0.5, 0.6) is 0 Å². The number of anilines is 2. The second-order valence-corrected chi connectivity index (χ2v) is 13.2. The van der Waals surface area contributed by atoms with E-state index >= 15 is 0 Å². The average molecular weight is 518 g/mol. The number of likely N-dealkylation sites (tertiary alicyclic amines) is 1. The Bertz CT molecular complexity index is 1330. The van der Waals surface area contributed by atoms with E-state index < -0.39 is 15.9 Å². The van der Waals surface area contributed by atoms with Crippen molar-refractivity contribution in [1.82, 2.24) is 4.90 Å². The lowest BCUT2D eigenvalue weighted by molar-refractivity contribution is -0.133. The number of hydrogen-bond donors (Lipinski definition) is 1. The fraction of sp³-hybridized carbons (Fsp3) is 0.519. The van der Waals surface area contributed by atoms with E-state index in [0.29, 0.717) is 29.8 Å². The molecule has 194 valence electrons. The predicted molar refractivity (Wildman–Crippen MR) is 137 cm³/mol. The van der Waals surface area contributed by atoms with Gasteiger partial charge in [0.15, 0.2) is 0 Å². The van der Waals surface area contributed by atoms with Crippen molar-refractivity contribution in [3.63, 3.8) is 0 Å². The van der Waals surface area contributed by atoms with Crippen LogP contribution in [0.1, 0.15) is 61.4 Å². The van der Waals surface area contributed by atoms with E-state index in [-0.39, 0.29) is 25.8 Å². The van der Waals surface area contributed by atoms with E-state index in [1.54, 1.807) is 17.0 Å². The summed E-state index contributed by atoms with van der Waals surface area (Å²) >= 11 is 0. The fourth-order valence-electron chi connectivity index (χ4n) is 6.43. The lowest BCUT2D eigenvalue weighted by Gasteiger charge is -2.38. The van der Waals surface area contributed by atoms with Crippen LogP contribution in [0.15, 0.2) is 42.5 Å². The molecule has 0 unspecified atom stereocenters. The molecule has 2 aromatic carbocycles. The third kappa shape index (κ3) is 4.41. The number of alkyl halides is 2. The molecule has 0 radical (unpaired) electrons. The van der Waals surface area contributed by atoms with Gasteiger partial charge in [-0.3, -0.25) is 14.4 Å². The minimum Gasteiger partial charge on any atom is -0.307 e. The van der Waals surface area contributed by atoms with Crippen molar-refractivity contribution < 1.29 is 23.4 Å². The van der Waals surface area contributed by atoms with Crippen LogP contribution in [-0.4, -0.2) is 51.0 Å². The minimum absolute atomic E-state index is 0. The van der Waals surface area contributed by atoms with Crippen molar-refractivity contribution in [3.8, 4) is 0 Å². The molecule has 1 saturated heterocycles. The van der Waals surface area contributed by atoms with Crippen molar-refractivity contribution in [2.45, 2.75) is 56.4 Å². The topological polar surface area (TPSA) is 69.7 Å². The van der Waals surface area contributed by atoms with Gasteiger partial charge in [0.25, 0.3) is 11.8 Å². The van der Waals surface area contributed by atoms with Gasteiger partial charge in [-0.05, 0) is 85.4 Å². The zero-order chi connectivity index (χ0) is 25.3. The third-order valence-electron chi connectivity index (χ3n) is 8.58. The van der Waals surface area contributed by atoms with E-state index in [1.807, 2.05) is 35.2 Å². The Kier molecular flexibility index (Phi) is 5.29. The highest BCUT2D eigenvalue weighted by Gasteiger charge is 2.53. The Morgan fingerprint density at radius 1 is 1.00 bits per heavy atom. The number of sulfonamides is 1. The van der Waals surface area contributed by atoms with Crippen molar-refractivity contribution >= 4 is 27.3 Å². The van der Waals surface area contributed by atoms with E-state index in [0.717, 1.165) is 48.8 Å². The van der Waals surface area contributed by atoms with Gasteiger partial charge in [-0.1, -0.05) is 12.1 Å². The van der Waals surface area contributed by atoms with Crippen LogP contribution in [0.3, 0.4) is 0 Å². The van der Waals surface area contributed by atoms with Crippen LogP contribution in [0.2, 0.25) is 0 Å². The second kappa shape index (κ2) is 7.99. The maximum atomic E-state index is 13.8. The molecule has 3 fully saturated rings. The quantitative estimate of drug-likeness (QED) is 0.606. The largest absolute Gasteiger partial charge is 0.307 e. The molecular weight excluding hydrogens is 484 g/mol. The Hall–Kier alpha value is -2.52. The monoisotopic (exact) mass is 517 g/mol. The van der Waals surface area contributed by atoms with Crippen LogP contribution in [-0.2, 0) is 22.0 Å². The number of nitrogens with zero attached hydrogens (tertiary/aromatic N) is 2. The fourth-order valence-corrected chi connectivity index (χ4v) is 6.98. The summed E-state index contributed by atoms with van der Waals surface area (Å²) in [6.07, 6.45) is 7.93.